The predicted octanol–water partition coefficient (Wildman–Crippen LogP) is 1.53. The highest BCUT2D eigenvalue weighted by Crippen LogP contribution is 2.59. The molecule has 13 heavy (non-hydrogen) atoms. The lowest BCUT2D eigenvalue weighted by Crippen LogP contribution is -2.50. The number of hydrogen-bond donors (Lipinski definition) is 0. The Morgan fingerprint density at radius 3 is 2.77 bits per heavy atom. The minimum Gasteiger partial charge on any atom is -0.465 e. The van der Waals surface area contributed by atoms with E-state index >= 15 is 0 Å². The molecular formula is C9H13IO3. The number of carbonyl (C=O) groups is 1. The molecule has 3 rings (SSSR count). The number of fused-ring (bicyclic) bond motifs is 1. The van der Waals surface area contributed by atoms with Gasteiger partial charge in [-0.3, -0.25) is 4.79 Å². The lowest BCUT2D eigenvalue weighted by Gasteiger charge is -2.41. The van der Waals surface area contributed by atoms with Crippen molar-refractivity contribution < 1.29 is 14.3 Å². The molecule has 2 saturated heterocycles. The zero-order chi connectivity index (χ0) is 9.53. The molecule has 3 aliphatic rings. The number of rotatable bonds is 3. The first-order valence-corrected chi connectivity index (χ1v) is 6.06. The quantitative estimate of drug-likeness (QED) is 0.450. The highest BCUT2D eigenvalue weighted by Gasteiger charge is 2.66. The first-order chi connectivity index (χ1) is 6.16. The summed E-state index contributed by atoms with van der Waals surface area (Å²) in [6.07, 6.45) is 1.73. The number of alkyl halides is 1. The zero-order valence-electron chi connectivity index (χ0n) is 7.64. The molecule has 0 spiro atoms. The van der Waals surface area contributed by atoms with Crippen LogP contribution in [0.3, 0.4) is 0 Å². The average molecular weight is 296 g/mol. The van der Waals surface area contributed by atoms with Crippen LogP contribution in [0.2, 0.25) is 0 Å². The van der Waals surface area contributed by atoms with Crippen molar-refractivity contribution in [3.8, 4) is 0 Å². The van der Waals surface area contributed by atoms with Crippen LogP contribution in [0.15, 0.2) is 0 Å². The molecule has 3 nitrogen and oxygen atoms in total. The molecule has 0 amide bonds. The van der Waals surface area contributed by atoms with Gasteiger partial charge in [0.05, 0.1) is 24.2 Å². The molecule has 0 atom stereocenters. The van der Waals surface area contributed by atoms with E-state index in [2.05, 4.69) is 22.6 Å². The molecule has 4 heteroatoms. The summed E-state index contributed by atoms with van der Waals surface area (Å²) < 4.78 is 11.6. The fourth-order valence-corrected chi connectivity index (χ4v) is 3.06. The summed E-state index contributed by atoms with van der Waals surface area (Å²) in [4.78, 5) is 11.6. The molecule has 2 aliphatic heterocycles. The summed E-state index contributed by atoms with van der Waals surface area (Å²) in [5.74, 6) is -0.0621. The van der Waals surface area contributed by atoms with Gasteiger partial charge in [-0.05, 0) is 19.8 Å². The van der Waals surface area contributed by atoms with Crippen LogP contribution in [0.25, 0.3) is 0 Å². The van der Waals surface area contributed by atoms with Gasteiger partial charge in [-0.15, -0.1) is 0 Å². The monoisotopic (exact) mass is 296 g/mol. The standard InChI is InChI=1S/C9H13IO3/c1-2-12-7(11)8-3-9(4-8,5-10)13-6-8/h2-6H2,1H3. The van der Waals surface area contributed by atoms with Crippen molar-refractivity contribution in [2.24, 2.45) is 5.41 Å². The third-order valence-corrected chi connectivity index (χ3v) is 4.32. The normalized spacial score (nSPS) is 41.4. The summed E-state index contributed by atoms with van der Waals surface area (Å²) in [6.45, 7) is 2.88. The maximum Gasteiger partial charge on any atom is 0.314 e. The van der Waals surface area contributed by atoms with E-state index in [-0.39, 0.29) is 17.0 Å². The third kappa shape index (κ3) is 1.29. The van der Waals surface area contributed by atoms with Gasteiger partial charge < -0.3 is 9.47 Å². The van der Waals surface area contributed by atoms with E-state index in [0.29, 0.717) is 13.2 Å². The first kappa shape index (κ1) is 9.71. The minimum absolute atomic E-state index is 0.00726. The van der Waals surface area contributed by atoms with E-state index in [1.165, 1.54) is 0 Å². The minimum atomic E-state index is -0.277. The maximum absolute atomic E-state index is 11.6. The Morgan fingerprint density at radius 1 is 1.62 bits per heavy atom. The van der Waals surface area contributed by atoms with Crippen molar-refractivity contribution in [2.45, 2.75) is 25.4 Å². The topological polar surface area (TPSA) is 35.5 Å². The Balaban J connectivity index is 2.01. The summed E-state index contributed by atoms with van der Waals surface area (Å²) in [5.41, 5.74) is -0.269. The van der Waals surface area contributed by atoms with Gasteiger partial charge in [0, 0.05) is 4.43 Å². The van der Waals surface area contributed by atoms with Crippen LogP contribution in [0.4, 0.5) is 0 Å². The van der Waals surface area contributed by atoms with Crippen LogP contribution in [-0.2, 0) is 14.3 Å². The van der Waals surface area contributed by atoms with E-state index in [9.17, 15) is 4.79 Å². The molecule has 2 bridgehead atoms. The summed E-state index contributed by atoms with van der Waals surface area (Å²) in [7, 11) is 0. The van der Waals surface area contributed by atoms with E-state index in [0.717, 1.165) is 17.3 Å². The smallest absolute Gasteiger partial charge is 0.314 e. The maximum atomic E-state index is 11.6. The lowest BCUT2D eigenvalue weighted by atomic mass is 9.63. The molecule has 1 saturated carbocycles. The van der Waals surface area contributed by atoms with Crippen LogP contribution in [0, 0.1) is 5.41 Å². The lowest BCUT2D eigenvalue weighted by molar-refractivity contribution is -0.159. The van der Waals surface area contributed by atoms with Gasteiger partial charge >= 0.3 is 5.97 Å². The summed E-state index contributed by atoms with van der Waals surface area (Å²) >= 11 is 2.32. The Hall–Kier alpha value is 0.160. The largest absolute Gasteiger partial charge is 0.465 e. The van der Waals surface area contributed by atoms with E-state index in [4.69, 9.17) is 9.47 Å². The van der Waals surface area contributed by atoms with Crippen LogP contribution < -0.4 is 0 Å². The first-order valence-electron chi connectivity index (χ1n) is 4.54. The van der Waals surface area contributed by atoms with Crippen molar-refractivity contribution in [1.82, 2.24) is 0 Å². The Morgan fingerprint density at radius 2 is 2.31 bits per heavy atom. The van der Waals surface area contributed by atoms with E-state index in [1.54, 1.807) is 0 Å². The van der Waals surface area contributed by atoms with Crippen molar-refractivity contribution >= 4 is 28.6 Å². The molecule has 0 unspecified atom stereocenters. The van der Waals surface area contributed by atoms with Crippen LogP contribution >= 0.6 is 22.6 Å². The molecule has 3 fully saturated rings. The summed E-state index contributed by atoms with van der Waals surface area (Å²) in [5, 5.41) is 0. The Labute approximate surface area is 91.3 Å². The van der Waals surface area contributed by atoms with Gasteiger partial charge in [-0.1, -0.05) is 22.6 Å². The Bertz CT molecular complexity index is 233. The molecule has 74 valence electrons. The van der Waals surface area contributed by atoms with Crippen molar-refractivity contribution in [3.05, 3.63) is 0 Å². The molecule has 1 aliphatic carbocycles. The molecule has 0 aromatic carbocycles. The van der Waals surface area contributed by atoms with E-state index < -0.39 is 0 Å². The number of ether oxygens (including phenoxy) is 2. The van der Waals surface area contributed by atoms with Crippen molar-refractivity contribution in [1.29, 1.82) is 0 Å². The van der Waals surface area contributed by atoms with Crippen LogP contribution in [0.5, 0.6) is 0 Å². The second kappa shape index (κ2) is 3.08. The predicted molar refractivity (Wildman–Crippen MR) is 55.9 cm³/mol. The second-order valence-electron chi connectivity index (χ2n) is 3.96. The number of esters is 1. The van der Waals surface area contributed by atoms with E-state index in [1.807, 2.05) is 6.92 Å². The highest BCUT2D eigenvalue weighted by molar-refractivity contribution is 14.1. The molecule has 0 aromatic heterocycles. The van der Waals surface area contributed by atoms with Gasteiger partial charge in [0.2, 0.25) is 0 Å². The molecule has 0 aromatic rings. The molecule has 2 heterocycles. The van der Waals surface area contributed by atoms with Crippen molar-refractivity contribution in [3.63, 3.8) is 0 Å². The number of carbonyl (C=O) groups excluding carboxylic acids is 1. The van der Waals surface area contributed by atoms with Gasteiger partial charge in [0.1, 0.15) is 0 Å². The Kier molecular flexibility index (Phi) is 2.30. The van der Waals surface area contributed by atoms with Gasteiger partial charge in [-0.25, -0.2) is 0 Å². The van der Waals surface area contributed by atoms with Crippen LogP contribution in [-0.4, -0.2) is 29.2 Å². The SMILES string of the molecule is CCOC(=O)C12COC(CI)(C1)C2. The molecular weight excluding hydrogens is 283 g/mol. The summed E-state index contributed by atoms with van der Waals surface area (Å²) in [6, 6.07) is 0. The number of halogens is 1. The number of hydrogen-bond acceptors (Lipinski definition) is 3. The second-order valence-corrected chi connectivity index (χ2v) is 4.72. The fourth-order valence-electron chi connectivity index (χ4n) is 2.30. The van der Waals surface area contributed by atoms with Gasteiger partial charge in [0.15, 0.2) is 0 Å². The van der Waals surface area contributed by atoms with Gasteiger partial charge in [-0.2, -0.15) is 0 Å². The zero-order valence-corrected chi connectivity index (χ0v) is 9.80. The molecule has 0 N–H and O–H groups in total. The average Bonchev–Trinajstić information content (AvgIpc) is 2.59. The molecule has 0 radical (unpaired) electrons. The fraction of sp³-hybridized carbons (Fsp3) is 0.889. The van der Waals surface area contributed by atoms with Crippen LogP contribution in [0.1, 0.15) is 19.8 Å². The van der Waals surface area contributed by atoms with Gasteiger partial charge in [0.25, 0.3) is 0 Å². The van der Waals surface area contributed by atoms with Crippen molar-refractivity contribution in [2.75, 3.05) is 17.6 Å². The highest BCUT2D eigenvalue weighted by atomic mass is 127. The third-order valence-electron chi connectivity index (χ3n) is 2.93.